The summed E-state index contributed by atoms with van der Waals surface area (Å²) in [5.74, 6) is -2.12. The molecule has 4 heteroatoms. The van der Waals surface area contributed by atoms with E-state index in [0.29, 0.717) is 0 Å². The smallest absolute Gasteiger partial charge is 0.511 e. The number of benzene rings is 2. The first kappa shape index (κ1) is 16.0. The molecule has 0 aliphatic carbocycles. The number of aryl methyl sites for hydroxylation is 1. The standard InChI is InChI=1S/C14H11F2O.Rb/c1-10-5-7-11(8-6-10)9-17-13-4-2-3-12(15)14(13)16;/h2,4-8H,9H2,1H3;/q-1;+1. The molecule has 0 bridgehead atoms. The Hall–Kier alpha value is -0.0948. The average molecular weight is 319 g/mol. The number of hydrogen-bond donors (Lipinski definition) is 0. The van der Waals surface area contributed by atoms with Crippen LogP contribution in [0.3, 0.4) is 0 Å². The van der Waals surface area contributed by atoms with Crippen molar-refractivity contribution in [2.45, 2.75) is 13.5 Å². The van der Waals surface area contributed by atoms with Crippen molar-refractivity contribution < 1.29 is 71.7 Å². The molecule has 1 nitrogen and oxygen atoms in total. The Labute approximate surface area is 154 Å². The van der Waals surface area contributed by atoms with Gasteiger partial charge in [-0.2, -0.15) is 6.07 Å². The molecule has 0 unspecified atom stereocenters. The first-order chi connectivity index (χ1) is 8.16. The topological polar surface area (TPSA) is 9.23 Å². The summed E-state index contributed by atoms with van der Waals surface area (Å²) in [7, 11) is 0. The van der Waals surface area contributed by atoms with Crippen LogP contribution < -0.4 is 62.9 Å². The van der Waals surface area contributed by atoms with Crippen molar-refractivity contribution in [1.82, 2.24) is 0 Å². The fourth-order valence-electron chi connectivity index (χ4n) is 1.39. The maximum Gasteiger partial charge on any atom is 1.00 e. The van der Waals surface area contributed by atoms with Gasteiger partial charge in [-0.05, 0) is 12.5 Å². The van der Waals surface area contributed by atoms with Gasteiger partial charge in [0.1, 0.15) is 6.61 Å². The van der Waals surface area contributed by atoms with Crippen molar-refractivity contribution in [1.29, 1.82) is 0 Å². The van der Waals surface area contributed by atoms with Crippen molar-refractivity contribution in [2.24, 2.45) is 0 Å². The molecular weight excluding hydrogens is 308 g/mol. The summed E-state index contributed by atoms with van der Waals surface area (Å²) in [6, 6.07) is 12.4. The van der Waals surface area contributed by atoms with Gasteiger partial charge in [-0.25, -0.2) is 4.39 Å². The Bertz CT molecular complexity index is 512. The maximum absolute atomic E-state index is 13.2. The van der Waals surface area contributed by atoms with E-state index in [2.05, 4.69) is 6.07 Å². The fourth-order valence-corrected chi connectivity index (χ4v) is 1.39. The normalized spacial score (nSPS) is 9.72. The van der Waals surface area contributed by atoms with Crippen molar-refractivity contribution >= 4 is 0 Å². The van der Waals surface area contributed by atoms with Gasteiger partial charge in [0, 0.05) is 11.6 Å². The number of ether oxygens (including phenoxy) is 1. The summed E-state index contributed by atoms with van der Waals surface area (Å²) >= 11 is 0. The molecule has 0 N–H and O–H groups in total. The maximum atomic E-state index is 13.2. The van der Waals surface area contributed by atoms with Crippen LogP contribution in [0.15, 0.2) is 36.4 Å². The van der Waals surface area contributed by atoms with Gasteiger partial charge in [-0.15, -0.1) is 12.1 Å². The zero-order chi connectivity index (χ0) is 12.3. The SMILES string of the molecule is Cc1ccc(COc2cc[c-]c(F)c2F)cc1.[Rb+]. The largest absolute Gasteiger partial charge is 1.00 e. The van der Waals surface area contributed by atoms with E-state index in [-0.39, 0.29) is 70.5 Å². The van der Waals surface area contributed by atoms with Crippen LogP contribution in [0.25, 0.3) is 0 Å². The van der Waals surface area contributed by atoms with Crippen LogP contribution in [0.2, 0.25) is 0 Å². The summed E-state index contributed by atoms with van der Waals surface area (Å²) < 4.78 is 31.3. The molecule has 0 saturated carbocycles. The molecule has 88 valence electrons. The van der Waals surface area contributed by atoms with E-state index in [0.717, 1.165) is 11.1 Å². The minimum absolute atomic E-state index is 0. The van der Waals surface area contributed by atoms with Gasteiger partial charge in [0.25, 0.3) is 0 Å². The number of rotatable bonds is 3. The zero-order valence-corrected chi connectivity index (χ0v) is 15.3. The Morgan fingerprint density at radius 3 is 2.44 bits per heavy atom. The van der Waals surface area contributed by atoms with E-state index in [1.807, 2.05) is 31.2 Å². The molecule has 2 rings (SSSR count). The van der Waals surface area contributed by atoms with Crippen LogP contribution in [0.5, 0.6) is 5.75 Å². The van der Waals surface area contributed by atoms with Gasteiger partial charge in [-0.3, -0.25) is 4.39 Å². The fraction of sp³-hybridized carbons (Fsp3) is 0.143. The van der Waals surface area contributed by atoms with Crippen molar-refractivity contribution in [2.75, 3.05) is 0 Å². The number of hydrogen-bond acceptors (Lipinski definition) is 1. The summed E-state index contributed by atoms with van der Waals surface area (Å²) in [6.45, 7) is 2.19. The van der Waals surface area contributed by atoms with Gasteiger partial charge in [0.2, 0.25) is 0 Å². The van der Waals surface area contributed by atoms with Gasteiger partial charge in [-0.1, -0.05) is 29.8 Å². The second kappa shape index (κ2) is 7.48. The molecule has 0 fully saturated rings. The van der Waals surface area contributed by atoms with Crippen LogP contribution in [-0.2, 0) is 6.61 Å². The molecule has 0 atom stereocenters. The predicted molar refractivity (Wildman–Crippen MR) is 60.7 cm³/mol. The quantitative estimate of drug-likeness (QED) is 0.756. The minimum Gasteiger partial charge on any atom is -0.511 e. The summed E-state index contributed by atoms with van der Waals surface area (Å²) in [5.41, 5.74) is 2.04. The Balaban J connectivity index is 0.00000162. The van der Waals surface area contributed by atoms with E-state index in [1.54, 1.807) is 0 Å². The molecule has 0 spiro atoms. The molecule has 0 saturated heterocycles. The molecule has 0 aliphatic rings. The summed E-state index contributed by atoms with van der Waals surface area (Å²) in [5, 5.41) is 0. The third kappa shape index (κ3) is 4.23. The molecule has 0 amide bonds. The molecule has 0 heterocycles. The Kier molecular flexibility index (Phi) is 6.64. The second-order valence-electron chi connectivity index (χ2n) is 3.74. The van der Waals surface area contributed by atoms with Gasteiger partial charge < -0.3 is 4.74 Å². The summed E-state index contributed by atoms with van der Waals surface area (Å²) in [4.78, 5) is 0. The van der Waals surface area contributed by atoms with E-state index in [9.17, 15) is 8.78 Å². The Morgan fingerprint density at radius 2 is 1.78 bits per heavy atom. The van der Waals surface area contributed by atoms with E-state index >= 15 is 0 Å². The summed E-state index contributed by atoms with van der Waals surface area (Å²) in [6.07, 6.45) is 0. The molecule has 18 heavy (non-hydrogen) atoms. The molecule has 2 aromatic carbocycles. The van der Waals surface area contributed by atoms with E-state index in [1.165, 1.54) is 12.1 Å². The minimum atomic E-state index is -1.02. The van der Waals surface area contributed by atoms with Crippen LogP contribution in [0.4, 0.5) is 8.78 Å². The van der Waals surface area contributed by atoms with Crippen LogP contribution in [-0.4, -0.2) is 0 Å². The van der Waals surface area contributed by atoms with E-state index < -0.39 is 11.6 Å². The molecular formula is C14H11F2ORb. The molecule has 0 radical (unpaired) electrons. The monoisotopic (exact) mass is 318 g/mol. The third-order valence-electron chi connectivity index (χ3n) is 2.37. The molecule has 0 aliphatic heterocycles. The first-order valence-corrected chi connectivity index (χ1v) is 5.21. The second-order valence-corrected chi connectivity index (χ2v) is 3.74. The third-order valence-corrected chi connectivity index (χ3v) is 2.37. The van der Waals surface area contributed by atoms with Crippen molar-refractivity contribution in [3.05, 3.63) is 65.2 Å². The molecule has 2 aromatic rings. The van der Waals surface area contributed by atoms with Crippen molar-refractivity contribution in [3.8, 4) is 5.75 Å². The van der Waals surface area contributed by atoms with Crippen molar-refractivity contribution in [3.63, 3.8) is 0 Å². The van der Waals surface area contributed by atoms with Gasteiger partial charge >= 0.3 is 58.2 Å². The average Bonchev–Trinajstić information content (AvgIpc) is 2.33. The van der Waals surface area contributed by atoms with Crippen LogP contribution >= 0.6 is 0 Å². The first-order valence-electron chi connectivity index (χ1n) is 5.21. The van der Waals surface area contributed by atoms with E-state index in [4.69, 9.17) is 4.74 Å². The van der Waals surface area contributed by atoms with Crippen LogP contribution in [0, 0.1) is 24.6 Å². The Morgan fingerprint density at radius 1 is 1.11 bits per heavy atom. The zero-order valence-electron chi connectivity index (χ0n) is 10.3. The number of halogens is 2. The predicted octanol–water partition coefficient (Wildman–Crippen LogP) is 0.656. The van der Waals surface area contributed by atoms with Gasteiger partial charge in [0.05, 0.1) is 5.82 Å². The molecule has 0 aromatic heterocycles. The van der Waals surface area contributed by atoms with Crippen LogP contribution in [0.1, 0.15) is 11.1 Å². The van der Waals surface area contributed by atoms with Gasteiger partial charge in [0.15, 0.2) is 0 Å².